The van der Waals surface area contributed by atoms with Gasteiger partial charge >= 0.3 is 0 Å². The molecule has 2 saturated heterocycles. The van der Waals surface area contributed by atoms with Crippen LogP contribution < -0.4 is 5.32 Å². The molecule has 16 heavy (non-hydrogen) atoms. The van der Waals surface area contributed by atoms with Crippen LogP contribution in [0.4, 0.5) is 0 Å². The molecule has 2 rings (SSSR count). The van der Waals surface area contributed by atoms with Crippen molar-refractivity contribution < 1.29 is 4.79 Å². The molecule has 2 aliphatic rings. The van der Waals surface area contributed by atoms with Gasteiger partial charge in [0, 0.05) is 20.1 Å². The molecule has 0 bridgehead atoms. The van der Waals surface area contributed by atoms with E-state index in [4.69, 9.17) is 0 Å². The first-order valence-electron chi connectivity index (χ1n) is 6.38. The molecule has 2 fully saturated rings. The molecule has 0 spiro atoms. The first-order chi connectivity index (χ1) is 7.70. The summed E-state index contributed by atoms with van der Waals surface area (Å²) in [4.78, 5) is 16.3. The van der Waals surface area contributed by atoms with E-state index in [-0.39, 0.29) is 11.9 Å². The molecule has 0 radical (unpaired) electrons. The second-order valence-electron chi connectivity index (χ2n) is 5.11. The van der Waals surface area contributed by atoms with Gasteiger partial charge < -0.3 is 10.2 Å². The minimum atomic E-state index is 0.151. The smallest absolute Gasteiger partial charge is 0.239 e. The summed E-state index contributed by atoms with van der Waals surface area (Å²) in [5.74, 6) is 0.288. The number of likely N-dealkylation sites (N-methyl/N-ethyl adjacent to an activating group) is 1. The monoisotopic (exact) mass is 225 g/mol. The highest BCUT2D eigenvalue weighted by Crippen LogP contribution is 2.25. The van der Waals surface area contributed by atoms with Gasteiger partial charge in [-0.25, -0.2) is 0 Å². The number of hydrogen-bond donors (Lipinski definition) is 1. The summed E-state index contributed by atoms with van der Waals surface area (Å²) in [5, 5.41) is 3.38. The summed E-state index contributed by atoms with van der Waals surface area (Å²) in [6.45, 7) is 3.31. The molecule has 4 nitrogen and oxygen atoms in total. The number of carbonyl (C=O) groups excluding carboxylic acids is 1. The Morgan fingerprint density at radius 3 is 2.56 bits per heavy atom. The van der Waals surface area contributed by atoms with Gasteiger partial charge in [-0.3, -0.25) is 9.69 Å². The lowest BCUT2D eigenvalue weighted by Crippen LogP contribution is -2.50. The van der Waals surface area contributed by atoms with E-state index in [1.54, 1.807) is 4.90 Å². The van der Waals surface area contributed by atoms with Gasteiger partial charge in [-0.1, -0.05) is 0 Å². The molecular formula is C12H23N3O. The quantitative estimate of drug-likeness (QED) is 0.734. The van der Waals surface area contributed by atoms with Gasteiger partial charge in [-0.15, -0.1) is 0 Å². The minimum absolute atomic E-state index is 0.151. The van der Waals surface area contributed by atoms with Crippen molar-refractivity contribution in [3.05, 3.63) is 0 Å². The maximum atomic E-state index is 12.1. The zero-order valence-electron chi connectivity index (χ0n) is 10.4. The van der Waals surface area contributed by atoms with Gasteiger partial charge in [-0.05, 0) is 45.3 Å². The van der Waals surface area contributed by atoms with Crippen molar-refractivity contribution in [1.82, 2.24) is 15.1 Å². The highest BCUT2D eigenvalue weighted by molar-refractivity contribution is 5.81. The Labute approximate surface area is 98.0 Å². The van der Waals surface area contributed by atoms with Crippen molar-refractivity contribution in [1.29, 1.82) is 0 Å². The van der Waals surface area contributed by atoms with Gasteiger partial charge in [0.1, 0.15) is 0 Å². The molecule has 0 unspecified atom stereocenters. The summed E-state index contributed by atoms with van der Waals surface area (Å²) in [6, 6.07) is 0.774. The van der Waals surface area contributed by atoms with Gasteiger partial charge in [0.15, 0.2) is 0 Å². The first kappa shape index (κ1) is 11.9. The lowest BCUT2D eigenvalue weighted by atomic mass is 10.0. The fraction of sp³-hybridized carbons (Fsp3) is 0.917. The maximum absolute atomic E-state index is 12.1. The number of carbonyl (C=O) groups is 1. The normalized spacial score (nSPS) is 28.2. The SMILES string of the molecule is CN(C)C(=O)[C@@H]1CCCN1C1CCNCC1. The van der Waals surface area contributed by atoms with Crippen molar-refractivity contribution in [2.75, 3.05) is 33.7 Å². The van der Waals surface area contributed by atoms with Crippen LogP contribution in [-0.2, 0) is 4.79 Å². The van der Waals surface area contributed by atoms with Crippen molar-refractivity contribution in [3.8, 4) is 0 Å². The number of nitrogens with zero attached hydrogens (tertiary/aromatic N) is 2. The van der Waals surface area contributed by atoms with Crippen LogP contribution in [-0.4, -0.2) is 61.5 Å². The second kappa shape index (κ2) is 5.15. The summed E-state index contributed by atoms with van der Waals surface area (Å²) in [5.41, 5.74) is 0. The zero-order chi connectivity index (χ0) is 11.5. The fourth-order valence-electron chi connectivity index (χ4n) is 2.93. The molecule has 1 amide bonds. The number of amides is 1. The molecule has 1 N–H and O–H groups in total. The summed E-state index contributed by atoms with van der Waals surface area (Å²) >= 11 is 0. The zero-order valence-corrected chi connectivity index (χ0v) is 10.4. The van der Waals surface area contributed by atoms with Crippen LogP contribution in [0.15, 0.2) is 0 Å². The molecule has 0 aliphatic carbocycles. The van der Waals surface area contributed by atoms with Crippen LogP contribution in [0.25, 0.3) is 0 Å². The lowest BCUT2D eigenvalue weighted by molar-refractivity contribution is -0.134. The third-order valence-corrected chi connectivity index (χ3v) is 3.80. The number of likely N-dealkylation sites (tertiary alicyclic amines) is 1. The number of hydrogen-bond acceptors (Lipinski definition) is 3. The highest BCUT2D eigenvalue weighted by atomic mass is 16.2. The van der Waals surface area contributed by atoms with Crippen molar-refractivity contribution in [2.45, 2.75) is 37.8 Å². The van der Waals surface area contributed by atoms with E-state index in [9.17, 15) is 4.79 Å². The number of nitrogens with one attached hydrogen (secondary N) is 1. The van der Waals surface area contributed by atoms with Gasteiger partial charge in [0.05, 0.1) is 6.04 Å². The van der Waals surface area contributed by atoms with Crippen LogP contribution in [0.2, 0.25) is 0 Å². The number of piperidine rings is 1. The maximum Gasteiger partial charge on any atom is 0.239 e. The van der Waals surface area contributed by atoms with E-state index in [1.807, 2.05) is 14.1 Å². The Morgan fingerprint density at radius 2 is 1.94 bits per heavy atom. The van der Waals surface area contributed by atoms with Crippen LogP contribution in [0.5, 0.6) is 0 Å². The van der Waals surface area contributed by atoms with Crippen LogP contribution in [0, 0.1) is 0 Å². The molecule has 4 heteroatoms. The molecule has 0 aromatic heterocycles. The van der Waals surface area contributed by atoms with Gasteiger partial charge in [0.2, 0.25) is 5.91 Å². The van der Waals surface area contributed by atoms with Gasteiger partial charge in [-0.2, -0.15) is 0 Å². The summed E-state index contributed by atoms with van der Waals surface area (Å²) in [7, 11) is 3.72. The molecule has 2 heterocycles. The van der Waals surface area contributed by atoms with Crippen LogP contribution in [0.1, 0.15) is 25.7 Å². The van der Waals surface area contributed by atoms with E-state index in [1.165, 1.54) is 19.3 Å². The third-order valence-electron chi connectivity index (χ3n) is 3.80. The molecule has 1 atom stereocenters. The first-order valence-corrected chi connectivity index (χ1v) is 6.38. The average molecular weight is 225 g/mol. The third kappa shape index (κ3) is 2.38. The number of rotatable bonds is 2. The predicted octanol–water partition coefficient (Wildman–Crippen LogP) is 0.291. The van der Waals surface area contributed by atoms with Crippen molar-refractivity contribution in [2.24, 2.45) is 0 Å². The van der Waals surface area contributed by atoms with E-state index in [0.29, 0.717) is 6.04 Å². The van der Waals surface area contributed by atoms with E-state index in [0.717, 1.165) is 26.1 Å². The van der Waals surface area contributed by atoms with Crippen LogP contribution in [0.3, 0.4) is 0 Å². The van der Waals surface area contributed by atoms with E-state index >= 15 is 0 Å². The largest absolute Gasteiger partial charge is 0.347 e. The summed E-state index contributed by atoms with van der Waals surface area (Å²) < 4.78 is 0. The van der Waals surface area contributed by atoms with E-state index in [2.05, 4.69) is 10.2 Å². The second-order valence-corrected chi connectivity index (χ2v) is 5.11. The molecular weight excluding hydrogens is 202 g/mol. The van der Waals surface area contributed by atoms with Gasteiger partial charge in [0.25, 0.3) is 0 Å². The Hall–Kier alpha value is -0.610. The Morgan fingerprint density at radius 1 is 1.25 bits per heavy atom. The highest BCUT2D eigenvalue weighted by Gasteiger charge is 2.36. The Balaban J connectivity index is 1.99. The molecule has 92 valence electrons. The van der Waals surface area contributed by atoms with Crippen molar-refractivity contribution >= 4 is 5.91 Å². The molecule has 2 aliphatic heterocycles. The minimum Gasteiger partial charge on any atom is -0.347 e. The Kier molecular flexibility index (Phi) is 3.82. The predicted molar refractivity (Wildman–Crippen MR) is 64.3 cm³/mol. The standard InChI is InChI=1S/C12H23N3O/c1-14(2)12(16)11-4-3-9-15(11)10-5-7-13-8-6-10/h10-11,13H,3-9H2,1-2H3/t11-/m0/s1. The Bertz CT molecular complexity index is 249. The molecule has 0 aromatic carbocycles. The average Bonchev–Trinajstić information content (AvgIpc) is 2.77. The fourth-order valence-corrected chi connectivity index (χ4v) is 2.93. The molecule has 0 aromatic rings. The van der Waals surface area contributed by atoms with Crippen LogP contribution >= 0.6 is 0 Å². The lowest BCUT2D eigenvalue weighted by Gasteiger charge is -2.35. The summed E-state index contributed by atoms with van der Waals surface area (Å²) in [6.07, 6.45) is 4.60. The van der Waals surface area contributed by atoms with E-state index < -0.39 is 0 Å². The van der Waals surface area contributed by atoms with Crippen molar-refractivity contribution in [3.63, 3.8) is 0 Å². The molecule has 0 saturated carbocycles. The topological polar surface area (TPSA) is 35.6 Å².